The van der Waals surface area contributed by atoms with Crippen molar-refractivity contribution in [3.63, 3.8) is 0 Å². The maximum atomic E-state index is 13.4. The van der Waals surface area contributed by atoms with Gasteiger partial charge in [-0.05, 0) is 24.5 Å². The molecule has 0 saturated carbocycles. The predicted octanol–water partition coefficient (Wildman–Crippen LogP) is 5.17. The van der Waals surface area contributed by atoms with E-state index in [2.05, 4.69) is 65.7 Å². The van der Waals surface area contributed by atoms with Gasteiger partial charge in [-0.2, -0.15) is 5.10 Å². The normalized spacial score (nSPS) is 15.4. The largest absolute Gasteiger partial charge is 0.326 e. The summed E-state index contributed by atoms with van der Waals surface area (Å²) < 4.78 is 0. The number of rotatable bonds is 5. The van der Waals surface area contributed by atoms with Crippen LogP contribution in [-0.2, 0) is 6.42 Å². The minimum absolute atomic E-state index is 0.0145. The van der Waals surface area contributed by atoms with Gasteiger partial charge in [-0.1, -0.05) is 90.5 Å². The lowest BCUT2D eigenvalue weighted by atomic mass is 9.95. The summed E-state index contributed by atoms with van der Waals surface area (Å²) >= 11 is 0. The molecule has 1 aliphatic rings. The zero-order valence-electron chi connectivity index (χ0n) is 16.9. The Morgan fingerprint density at radius 2 is 1.57 bits per heavy atom. The van der Waals surface area contributed by atoms with Gasteiger partial charge in [0.05, 0.1) is 11.7 Å². The Bertz CT molecular complexity index is 1160. The van der Waals surface area contributed by atoms with Gasteiger partial charge < -0.3 is 4.90 Å². The van der Waals surface area contributed by atoms with Gasteiger partial charge in [-0.3, -0.25) is 9.89 Å². The van der Waals surface area contributed by atoms with Crippen LogP contribution in [0.5, 0.6) is 0 Å². The molecule has 1 aliphatic heterocycles. The fourth-order valence-corrected chi connectivity index (χ4v) is 4.23. The molecule has 1 aromatic heterocycles. The molecule has 1 N–H and O–H groups in total. The second-order valence-electron chi connectivity index (χ2n) is 7.77. The quantitative estimate of drug-likeness (QED) is 0.508. The number of hydrogen-bond donors (Lipinski definition) is 1. The first-order valence-electron chi connectivity index (χ1n) is 10.3. The molecule has 1 unspecified atom stereocenters. The maximum absolute atomic E-state index is 13.4. The molecule has 0 radical (unpaired) electrons. The van der Waals surface area contributed by atoms with E-state index in [4.69, 9.17) is 0 Å². The smallest absolute Gasteiger partial charge is 0.273 e. The molecule has 3 aromatic carbocycles. The highest BCUT2D eigenvalue weighted by Gasteiger charge is 2.41. The number of aromatic nitrogens is 2. The number of carbonyl (C=O) groups is 1. The van der Waals surface area contributed by atoms with Crippen LogP contribution in [-0.4, -0.2) is 27.5 Å². The number of nitrogens with one attached hydrogen (secondary N) is 1. The van der Waals surface area contributed by atoms with Crippen molar-refractivity contribution in [1.82, 2.24) is 15.1 Å². The van der Waals surface area contributed by atoms with Crippen LogP contribution in [0.2, 0.25) is 0 Å². The van der Waals surface area contributed by atoms with Gasteiger partial charge in [0.15, 0.2) is 0 Å². The number of aromatic amines is 1. The van der Waals surface area contributed by atoms with Crippen LogP contribution in [0.1, 0.15) is 38.8 Å². The zero-order valence-corrected chi connectivity index (χ0v) is 16.9. The third kappa shape index (κ3) is 3.20. The van der Waals surface area contributed by atoms with Gasteiger partial charge in [0, 0.05) is 17.7 Å². The first-order valence-corrected chi connectivity index (χ1v) is 10.3. The SMILES string of the molecule is Cc1ccc(-c2n[nH]c3c2C(c2ccccc2)N(CCc2ccccc2)C3=O)cc1. The fourth-order valence-electron chi connectivity index (χ4n) is 4.23. The number of hydrogen-bond acceptors (Lipinski definition) is 2. The van der Waals surface area contributed by atoms with Crippen LogP contribution in [0.25, 0.3) is 11.3 Å². The highest BCUT2D eigenvalue weighted by atomic mass is 16.2. The molecular formula is C26H23N3O. The molecule has 5 rings (SSSR count). The molecule has 0 spiro atoms. The second-order valence-corrected chi connectivity index (χ2v) is 7.77. The summed E-state index contributed by atoms with van der Waals surface area (Å²) in [7, 11) is 0. The lowest BCUT2D eigenvalue weighted by molar-refractivity contribution is 0.0746. The topological polar surface area (TPSA) is 49.0 Å². The molecule has 4 heteroatoms. The van der Waals surface area contributed by atoms with E-state index in [-0.39, 0.29) is 11.9 Å². The molecule has 148 valence electrons. The molecule has 4 aromatic rings. The molecule has 0 saturated heterocycles. The van der Waals surface area contributed by atoms with Crippen molar-refractivity contribution in [3.05, 3.63) is 113 Å². The van der Waals surface area contributed by atoms with Crippen molar-refractivity contribution in [3.8, 4) is 11.3 Å². The van der Waals surface area contributed by atoms with Crippen molar-refractivity contribution in [2.75, 3.05) is 6.54 Å². The van der Waals surface area contributed by atoms with E-state index in [1.807, 2.05) is 41.3 Å². The molecule has 1 atom stereocenters. The van der Waals surface area contributed by atoms with Crippen LogP contribution >= 0.6 is 0 Å². The van der Waals surface area contributed by atoms with Crippen LogP contribution in [0.15, 0.2) is 84.9 Å². The summed E-state index contributed by atoms with van der Waals surface area (Å²) in [5, 5.41) is 7.58. The van der Waals surface area contributed by atoms with Gasteiger partial charge in [-0.15, -0.1) is 0 Å². The van der Waals surface area contributed by atoms with Gasteiger partial charge in [-0.25, -0.2) is 0 Å². The van der Waals surface area contributed by atoms with Crippen molar-refractivity contribution in [1.29, 1.82) is 0 Å². The number of benzene rings is 3. The molecule has 2 heterocycles. The molecule has 0 fully saturated rings. The summed E-state index contributed by atoms with van der Waals surface area (Å²) in [6.45, 7) is 2.72. The molecule has 4 nitrogen and oxygen atoms in total. The highest BCUT2D eigenvalue weighted by Crippen LogP contribution is 2.42. The third-order valence-corrected chi connectivity index (χ3v) is 5.79. The van der Waals surface area contributed by atoms with E-state index >= 15 is 0 Å². The van der Waals surface area contributed by atoms with E-state index < -0.39 is 0 Å². The Balaban J connectivity index is 1.57. The first-order chi connectivity index (χ1) is 14.7. The Kier molecular flexibility index (Phi) is 4.68. The van der Waals surface area contributed by atoms with E-state index in [0.29, 0.717) is 12.2 Å². The van der Waals surface area contributed by atoms with Crippen LogP contribution < -0.4 is 0 Å². The second kappa shape index (κ2) is 7.64. The average molecular weight is 393 g/mol. The minimum Gasteiger partial charge on any atom is -0.326 e. The Morgan fingerprint density at radius 3 is 2.27 bits per heavy atom. The van der Waals surface area contributed by atoms with Crippen molar-refractivity contribution in [2.45, 2.75) is 19.4 Å². The molecule has 0 aliphatic carbocycles. The molecule has 0 bridgehead atoms. The van der Waals surface area contributed by atoms with Gasteiger partial charge >= 0.3 is 0 Å². The lowest BCUT2D eigenvalue weighted by Gasteiger charge is -2.26. The van der Waals surface area contributed by atoms with Crippen LogP contribution in [0.4, 0.5) is 0 Å². The van der Waals surface area contributed by atoms with E-state index in [0.717, 1.165) is 28.8 Å². The Labute approximate surface area is 176 Å². The summed E-state index contributed by atoms with van der Waals surface area (Å²) in [6.07, 6.45) is 0.813. The first kappa shape index (κ1) is 18.4. The number of aryl methyl sites for hydroxylation is 1. The standard InChI is InChI=1S/C26H23N3O/c1-18-12-14-20(15-13-18)23-22-24(28-27-23)26(30)29(17-16-19-8-4-2-5-9-19)25(22)21-10-6-3-7-11-21/h2-15,25H,16-17H2,1H3,(H,27,28). The lowest BCUT2D eigenvalue weighted by Crippen LogP contribution is -2.31. The number of fused-ring (bicyclic) bond motifs is 1. The maximum Gasteiger partial charge on any atom is 0.273 e. The predicted molar refractivity (Wildman–Crippen MR) is 118 cm³/mol. The van der Waals surface area contributed by atoms with E-state index in [1.54, 1.807) is 0 Å². The fraction of sp³-hybridized carbons (Fsp3) is 0.154. The van der Waals surface area contributed by atoms with Gasteiger partial charge in [0.25, 0.3) is 5.91 Å². The summed E-state index contributed by atoms with van der Waals surface area (Å²) in [4.78, 5) is 15.3. The van der Waals surface area contributed by atoms with Gasteiger partial charge in [0.1, 0.15) is 5.69 Å². The van der Waals surface area contributed by atoms with E-state index in [9.17, 15) is 4.79 Å². The number of carbonyl (C=O) groups excluding carboxylic acids is 1. The number of H-pyrrole nitrogens is 1. The summed E-state index contributed by atoms with van der Waals surface area (Å²) in [5.74, 6) is 0.0145. The van der Waals surface area contributed by atoms with Crippen LogP contribution in [0.3, 0.4) is 0 Å². The highest BCUT2D eigenvalue weighted by molar-refractivity contribution is 6.00. The number of amides is 1. The summed E-state index contributed by atoms with van der Waals surface area (Å²) in [5.41, 5.74) is 6.99. The van der Waals surface area contributed by atoms with Crippen molar-refractivity contribution < 1.29 is 4.79 Å². The summed E-state index contributed by atoms with van der Waals surface area (Å²) in [6, 6.07) is 28.7. The third-order valence-electron chi connectivity index (χ3n) is 5.79. The Morgan fingerprint density at radius 1 is 0.900 bits per heavy atom. The Hall–Kier alpha value is -3.66. The van der Waals surface area contributed by atoms with Crippen LogP contribution in [0, 0.1) is 6.92 Å². The van der Waals surface area contributed by atoms with Crippen molar-refractivity contribution >= 4 is 5.91 Å². The minimum atomic E-state index is -0.146. The molecule has 30 heavy (non-hydrogen) atoms. The average Bonchev–Trinajstić information content (AvgIpc) is 3.33. The van der Waals surface area contributed by atoms with Gasteiger partial charge in [0.2, 0.25) is 0 Å². The van der Waals surface area contributed by atoms with E-state index in [1.165, 1.54) is 11.1 Å². The number of nitrogens with zero attached hydrogens (tertiary/aromatic N) is 2. The monoisotopic (exact) mass is 393 g/mol. The zero-order chi connectivity index (χ0) is 20.5. The van der Waals surface area contributed by atoms with Crippen molar-refractivity contribution in [2.24, 2.45) is 0 Å². The molecule has 1 amide bonds. The molecular weight excluding hydrogens is 370 g/mol.